The monoisotopic (exact) mass is 168 g/mol. The minimum absolute atomic E-state index is 0.116. The number of H-pyrrole nitrogens is 1. The molecule has 0 bridgehead atoms. The Balaban J connectivity index is 2.81. The van der Waals surface area contributed by atoms with E-state index in [0.717, 1.165) is 11.4 Å². The average Bonchev–Trinajstić information content (AvgIpc) is 2.36. The van der Waals surface area contributed by atoms with E-state index >= 15 is 0 Å². The molecule has 0 amide bonds. The summed E-state index contributed by atoms with van der Waals surface area (Å²) in [5, 5.41) is 8.78. The molecule has 1 aromatic rings. The number of aliphatic hydroxyl groups excluding tert-OH is 1. The lowest BCUT2D eigenvalue weighted by molar-refractivity contribution is 0.245. The van der Waals surface area contributed by atoms with Crippen LogP contribution in [0.3, 0.4) is 0 Å². The van der Waals surface area contributed by atoms with E-state index < -0.39 is 5.54 Å². The topological polar surface area (TPSA) is 62.0 Å². The van der Waals surface area contributed by atoms with Crippen LogP contribution in [0.5, 0.6) is 0 Å². The van der Waals surface area contributed by atoms with Gasteiger partial charge in [-0.05, 0) is 32.4 Å². The maximum Gasteiger partial charge on any atom is 0.0554 e. The number of nitrogens with one attached hydrogen (secondary N) is 1. The third kappa shape index (κ3) is 1.87. The molecule has 0 unspecified atom stereocenters. The molecule has 12 heavy (non-hydrogen) atoms. The quantitative estimate of drug-likeness (QED) is 0.627. The number of aromatic amines is 1. The summed E-state index contributed by atoms with van der Waals surface area (Å²) in [7, 11) is 0. The molecule has 0 aliphatic heterocycles. The summed E-state index contributed by atoms with van der Waals surface area (Å²) in [6, 6.07) is 3.95. The Morgan fingerprint density at radius 3 is 2.67 bits per heavy atom. The van der Waals surface area contributed by atoms with Gasteiger partial charge in [0, 0.05) is 18.0 Å². The van der Waals surface area contributed by atoms with Crippen molar-refractivity contribution in [1.29, 1.82) is 0 Å². The second-order valence-electron chi connectivity index (χ2n) is 3.45. The van der Waals surface area contributed by atoms with Crippen LogP contribution in [0.1, 0.15) is 24.7 Å². The first-order chi connectivity index (χ1) is 5.56. The van der Waals surface area contributed by atoms with E-state index in [1.54, 1.807) is 0 Å². The van der Waals surface area contributed by atoms with Crippen molar-refractivity contribution in [3.63, 3.8) is 0 Å². The molecule has 0 saturated heterocycles. The van der Waals surface area contributed by atoms with Crippen LogP contribution in [0, 0.1) is 6.92 Å². The fourth-order valence-corrected chi connectivity index (χ4v) is 1.20. The predicted molar refractivity (Wildman–Crippen MR) is 48.8 cm³/mol. The molecule has 3 heteroatoms. The van der Waals surface area contributed by atoms with Gasteiger partial charge in [0.25, 0.3) is 0 Å². The number of hydrogen-bond donors (Lipinski definition) is 3. The van der Waals surface area contributed by atoms with Gasteiger partial charge in [-0.2, -0.15) is 0 Å². The van der Waals surface area contributed by atoms with Gasteiger partial charge in [-0.3, -0.25) is 0 Å². The van der Waals surface area contributed by atoms with Crippen LogP contribution in [0.15, 0.2) is 12.1 Å². The van der Waals surface area contributed by atoms with Crippen molar-refractivity contribution in [3.8, 4) is 0 Å². The third-order valence-corrected chi connectivity index (χ3v) is 2.08. The smallest absolute Gasteiger partial charge is 0.0554 e. The fourth-order valence-electron chi connectivity index (χ4n) is 1.20. The SMILES string of the molecule is Cc1ccc([C@@](C)(N)CCO)[nH]1. The maximum atomic E-state index is 8.78. The molecular formula is C9H16N2O. The van der Waals surface area contributed by atoms with Crippen LogP contribution >= 0.6 is 0 Å². The van der Waals surface area contributed by atoms with Crippen LogP contribution < -0.4 is 5.73 Å². The average molecular weight is 168 g/mol. The van der Waals surface area contributed by atoms with Crippen LogP contribution in [0.25, 0.3) is 0 Å². The third-order valence-electron chi connectivity index (χ3n) is 2.08. The highest BCUT2D eigenvalue weighted by molar-refractivity contribution is 5.18. The normalized spacial score (nSPS) is 16.0. The van der Waals surface area contributed by atoms with Crippen molar-refractivity contribution in [2.75, 3.05) is 6.61 Å². The molecular weight excluding hydrogens is 152 g/mol. The van der Waals surface area contributed by atoms with Gasteiger partial charge in [0.15, 0.2) is 0 Å². The molecule has 68 valence electrons. The Hall–Kier alpha value is -0.800. The van der Waals surface area contributed by atoms with Gasteiger partial charge in [0.1, 0.15) is 0 Å². The Kier molecular flexibility index (Phi) is 2.55. The summed E-state index contributed by atoms with van der Waals surface area (Å²) >= 11 is 0. The largest absolute Gasteiger partial charge is 0.396 e. The summed E-state index contributed by atoms with van der Waals surface area (Å²) in [6.45, 7) is 4.01. The highest BCUT2D eigenvalue weighted by atomic mass is 16.3. The zero-order chi connectivity index (χ0) is 9.19. The number of nitrogens with two attached hydrogens (primary N) is 1. The molecule has 1 atom stereocenters. The lowest BCUT2D eigenvalue weighted by Crippen LogP contribution is -2.34. The number of aliphatic hydroxyl groups is 1. The minimum atomic E-state index is -0.441. The molecule has 0 aromatic carbocycles. The summed E-state index contributed by atoms with van der Waals surface area (Å²) in [5.41, 5.74) is 7.61. The van der Waals surface area contributed by atoms with Gasteiger partial charge in [0.05, 0.1) is 5.54 Å². The van der Waals surface area contributed by atoms with Gasteiger partial charge in [-0.1, -0.05) is 0 Å². The Bertz CT molecular complexity index is 253. The number of aryl methyl sites for hydroxylation is 1. The van der Waals surface area contributed by atoms with Crippen molar-refractivity contribution in [1.82, 2.24) is 4.98 Å². The highest BCUT2D eigenvalue weighted by Crippen LogP contribution is 2.19. The molecule has 3 nitrogen and oxygen atoms in total. The second kappa shape index (κ2) is 3.29. The minimum Gasteiger partial charge on any atom is -0.396 e. The van der Waals surface area contributed by atoms with Crippen LogP contribution in [-0.4, -0.2) is 16.7 Å². The van der Waals surface area contributed by atoms with Crippen molar-refractivity contribution >= 4 is 0 Å². The summed E-state index contributed by atoms with van der Waals surface area (Å²) in [6.07, 6.45) is 0.576. The van der Waals surface area contributed by atoms with E-state index in [1.807, 2.05) is 26.0 Å². The zero-order valence-corrected chi connectivity index (χ0v) is 7.59. The molecule has 0 aliphatic carbocycles. The van der Waals surface area contributed by atoms with E-state index in [2.05, 4.69) is 4.98 Å². The van der Waals surface area contributed by atoms with Crippen LogP contribution in [0.2, 0.25) is 0 Å². The maximum absolute atomic E-state index is 8.78. The Morgan fingerprint density at radius 2 is 2.25 bits per heavy atom. The van der Waals surface area contributed by atoms with E-state index in [4.69, 9.17) is 10.8 Å². The number of hydrogen-bond acceptors (Lipinski definition) is 2. The first kappa shape index (κ1) is 9.29. The van der Waals surface area contributed by atoms with E-state index in [0.29, 0.717) is 6.42 Å². The Labute approximate surface area is 72.6 Å². The zero-order valence-electron chi connectivity index (χ0n) is 7.59. The van der Waals surface area contributed by atoms with Crippen molar-refractivity contribution < 1.29 is 5.11 Å². The fraction of sp³-hybridized carbons (Fsp3) is 0.556. The number of rotatable bonds is 3. The van der Waals surface area contributed by atoms with Gasteiger partial charge >= 0.3 is 0 Å². The van der Waals surface area contributed by atoms with Gasteiger partial charge in [0.2, 0.25) is 0 Å². The summed E-state index contributed by atoms with van der Waals surface area (Å²) in [5.74, 6) is 0. The predicted octanol–water partition coefficient (Wildman–Crippen LogP) is 0.879. The summed E-state index contributed by atoms with van der Waals surface area (Å²) < 4.78 is 0. The molecule has 0 saturated carbocycles. The molecule has 1 aromatic heterocycles. The van der Waals surface area contributed by atoms with Gasteiger partial charge in [-0.25, -0.2) is 0 Å². The molecule has 0 fully saturated rings. The molecule has 4 N–H and O–H groups in total. The molecule has 1 rings (SSSR count). The summed E-state index contributed by atoms with van der Waals surface area (Å²) in [4.78, 5) is 3.16. The highest BCUT2D eigenvalue weighted by Gasteiger charge is 2.21. The molecule has 0 aliphatic rings. The van der Waals surface area contributed by atoms with E-state index in [-0.39, 0.29) is 6.61 Å². The van der Waals surface area contributed by atoms with Crippen LogP contribution in [0.4, 0.5) is 0 Å². The Morgan fingerprint density at radius 1 is 1.58 bits per heavy atom. The molecule has 1 heterocycles. The second-order valence-corrected chi connectivity index (χ2v) is 3.45. The standard InChI is InChI=1S/C9H16N2O/c1-7-3-4-8(11-7)9(2,10)5-6-12/h3-4,11-12H,5-6,10H2,1-2H3/t9-/m0/s1. The van der Waals surface area contributed by atoms with Gasteiger partial charge < -0.3 is 15.8 Å². The van der Waals surface area contributed by atoms with Crippen molar-refractivity contribution in [2.45, 2.75) is 25.8 Å². The lowest BCUT2D eigenvalue weighted by Gasteiger charge is -2.22. The van der Waals surface area contributed by atoms with E-state index in [1.165, 1.54) is 0 Å². The molecule has 0 radical (unpaired) electrons. The first-order valence-corrected chi connectivity index (χ1v) is 4.12. The number of aromatic nitrogens is 1. The molecule has 0 spiro atoms. The van der Waals surface area contributed by atoms with Crippen molar-refractivity contribution in [2.24, 2.45) is 5.73 Å². The van der Waals surface area contributed by atoms with Gasteiger partial charge in [-0.15, -0.1) is 0 Å². The van der Waals surface area contributed by atoms with Crippen molar-refractivity contribution in [3.05, 3.63) is 23.5 Å². The lowest BCUT2D eigenvalue weighted by atomic mass is 9.96. The van der Waals surface area contributed by atoms with Crippen LogP contribution in [-0.2, 0) is 5.54 Å². The first-order valence-electron chi connectivity index (χ1n) is 4.12. The van der Waals surface area contributed by atoms with E-state index in [9.17, 15) is 0 Å².